The van der Waals surface area contributed by atoms with Crippen LogP contribution in [-0.2, 0) is 0 Å². The van der Waals surface area contributed by atoms with E-state index >= 15 is 0 Å². The molecule has 4 heteroatoms. The standard InChI is InChI=1S/C13H20N2OS/c1-16-11-6-4-5-10(9-11)13(15-14)12-7-2-3-8-17-12/h4-6,9,12-13,15H,2-3,7-8,14H2,1H3. The maximum Gasteiger partial charge on any atom is 0.119 e. The summed E-state index contributed by atoms with van der Waals surface area (Å²) in [6, 6.07) is 8.38. The number of nitrogens with two attached hydrogens (primary N) is 1. The molecular formula is C13H20N2OS. The first-order valence-corrected chi connectivity index (χ1v) is 7.11. The van der Waals surface area contributed by atoms with Crippen molar-refractivity contribution in [3.8, 4) is 5.75 Å². The zero-order valence-corrected chi connectivity index (χ0v) is 11.0. The molecule has 1 heterocycles. The van der Waals surface area contributed by atoms with E-state index in [2.05, 4.69) is 17.6 Å². The van der Waals surface area contributed by atoms with Crippen LogP contribution in [0.15, 0.2) is 24.3 Å². The van der Waals surface area contributed by atoms with Crippen molar-refractivity contribution in [1.29, 1.82) is 0 Å². The summed E-state index contributed by atoms with van der Waals surface area (Å²) in [5.41, 5.74) is 4.18. The first-order valence-electron chi connectivity index (χ1n) is 6.07. The summed E-state index contributed by atoms with van der Waals surface area (Å²) >= 11 is 2.02. The van der Waals surface area contributed by atoms with Crippen LogP contribution >= 0.6 is 11.8 Å². The molecule has 1 aliphatic heterocycles. The van der Waals surface area contributed by atoms with E-state index < -0.39 is 0 Å². The van der Waals surface area contributed by atoms with Crippen LogP contribution in [0.25, 0.3) is 0 Å². The molecule has 17 heavy (non-hydrogen) atoms. The van der Waals surface area contributed by atoms with E-state index in [9.17, 15) is 0 Å². The molecule has 0 amide bonds. The third-order valence-electron chi connectivity index (χ3n) is 3.22. The molecule has 1 aromatic rings. The molecule has 1 saturated heterocycles. The number of hydrazine groups is 1. The summed E-state index contributed by atoms with van der Waals surface area (Å²) in [5, 5.41) is 0.570. The molecular weight excluding hydrogens is 232 g/mol. The zero-order chi connectivity index (χ0) is 12.1. The summed E-state index contributed by atoms with van der Waals surface area (Å²) in [7, 11) is 1.69. The molecule has 2 unspecified atom stereocenters. The number of hydrogen-bond donors (Lipinski definition) is 2. The number of rotatable bonds is 4. The topological polar surface area (TPSA) is 47.3 Å². The van der Waals surface area contributed by atoms with Gasteiger partial charge in [-0.2, -0.15) is 11.8 Å². The smallest absolute Gasteiger partial charge is 0.119 e. The Morgan fingerprint density at radius 1 is 1.47 bits per heavy atom. The number of nitrogens with one attached hydrogen (secondary N) is 1. The van der Waals surface area contributed by atoms with Crippen LogP contribution in [0.3, 0.4) is 0 Å². The lowest BCUT2D eigenvalue weighted by atomic mass is 10.00. The number of thioether (sulfide) groups is 1. The van der Waals surface area contributed by atoms with Crippen LogP contribution in [0.4, 0.5) is 0 Å². The van der Waals surface area contributed by atoms with Gasteiger partial charge >= 0.3 is 0 Å². The van der Waals surface area contributed by atoms with E-state index in [0.717, 1.165) is 5.75 Å². The van der Waals surface area contributed by atoms with E-state index in [1.54, 1.807) is 7.11 Å². The Kier molecular flexibility index (Phi) is 4.71. The normalized spacial score (nSPS) is 22.1. The number of methoxy groups -OCH3 is 1. The second-order valence-corrected chi connectivity index (χ2v) is 5.67. The van der Waals surface area contributed by atoms with Gasteiger partial charge < -0.3 is 4.74 Å². The molecule has 0 saturated carbocycles. The Morgan fingerprint density at radius 2 is 2.35 bits per heavy atom. The van der Waals surface area contributed by atoms with Gasteiger partial charge in [0, 0.05) is 5.25 Å². The summed E-state index contributed by atoms with van der Waals surface area (Å²) in [4.78, 5) is 0. The molecule has 0 spiro atoms. The molecule has 0 bridgehead atoms. The fourth-order valence-corrected chi connectivity index (χ4v) is 3.72. The molecule has 2 rings (SSSR count). The fourth-order valence-electron chi connectivity index (χ4n) is 2.28. The Balaban J connectivity index is 2.15. The van der Waals surface area contributed by atoms with E-state index in [-0.39, 0.29) is 6.04 Å². The van der Waals surface area contributed by atoms with E-state index in [1.807, 2.05) is 23.9 Å². The molecule has 1 fully saturated rings. The van der Waals surface area contributed by atoms with E-state index in [0.29, 0.717) is 5.25 Å². The quantitative estimate of drug-likeness (QED) is 0.638. The third kappa shape index (κ3) is 3.15. The van der Waals surface area contributed by atoms with E-state index in [4.69, 9.17) is 10.6 Å². The van der Waals surface area contributed by atoms with Crippen LogP contribution < -0.4 is 16.0 Å². The predicted octanol–water partition coefficient (Wildman–Crippen LogP) is 2.49. The monoisotopic (exact) mass is 252 g/mol. The van der Waals surface area contributed by atoms with Crippen LogP contribution in [-0.4, -0.2) is 18.1 Å². The first kappa shape index (κ1) is 12.7. The highest BCUT2D eigenvalue weighted by Crippen LogP contribution is 2.35. The van der Waals surface area contributed by atoms with Crippen molar-refractivity contribution < 1.29 is 4.74 Å². The second kappa shape index (κ2) is 6.28. The maximum absolute atomic E-state index is 5.72. The van der Waals surface area contributed by atoms with Crippen molar-refractivity contribution in [1.82, 2.24) is 5.43 Å². The van der Waals surface area contributed by atoms with Gasteiger partial charge in [-0.1, -0.05) is 18.6 Å². The third-order valence-corrected chi connectivity index (χ3v) is 4.68. The number of benzene rings is 1. The lowest BCUT2D eigenvalue weighted by Crippen LogP contribution is -2.36. The average molecular weight is 252 g/mol. The minimum atomic E-state index is 0.218. The average Bonchev–Trinajstić information content (AvgIpc) is 2.41. The van der Waals surface area contributed by atoms with Crippen molar-refractivity contribution >= 4 is 11.8 Å². The van der Waals surface area contributed by atoms with Crippen LogP contribution in [0.2, 0.25) is 0 Å². The minimum Gasteiger partial charge on any atom is -0.497 e. The lowest BCUT2D eigenvalue weighted by molar-refractivity contribution is 0.412. The first-order chi connectivity index (χ1) is 8.35. The highest BCUT2D eigenvalue weighted by molar-refractivity contribution is 8.00. The highest BCUT2D eigenvalue weighted by atomic mass is 32.2. The number of ether oxygens (including phenoxy) is 1. The summed E-state index contributed by atoms with van der Waals surface area (Å²) in [6.45, 7) is 0. The van der Waals surface area contributed by atoms with Crippen LogP contribution in [0.1, 0.15) is 30.9 Å². The highest BCUT2D eigenvalue weighted by Gasteiger charge is 2.24. The van der Waals surface area contributed by atoms with Gasteiger partial charge in [-0.3, -0.25) is 11.3 Å². The Labute approximate surface area is 107 Å². The van der Waals surface area contributed by atoms with Gasteiger partial charge in [0.1, 0.15) is 5.75 Å². The van der Waals surface area contributed by atoms with Gasteiger partial charge in [0.15, 0.2) is 0 Å². The Bertz CT molecular complexity index is 353. The van der Waals surface area contributed by atoms with Crippen molar-refractivity contribution in [2.24, 2.45) is 5.84 Å². The minimum absolute atomic E-state index is 0.218. The van der Waals surface area contributed by atoms with Crippen LogP contribution in [0.5, 0.6) is 5.75 Å². The van der Waals surface area contributed by atoms with Crippen molar-refractivity contribution in [2.75, 3.05) is 12.9 Å². The molecule has 3 N–H and O–H groups in total. The Morgan fingerprint density at radius 3 is 3.00 bits per heavy atom. The van der Waals surface area contributed by atoms with Gasteiger partial charge in [-0.25, -0.2) is 0 Å². The summed E-state index contributed by atoms with van der Waals surface area (Å²) in [5.74, 6) is 7.86. The molecule has 3 nitrogen and oxygen atoms in total. The predicted molar refractivity (Wildman–Crippen MR) is 73.2 cm³/mol. The second-order valence-electron chi connectivity index (χ2n) is 4.33. The Hall–Kier alpha value is -0.710. The van der Waals surface area contributed by atoms with Crippen LogP contribution in [0, 0.1) is 0 Å². The number of hydrogen-bond acceptors (Lipinski definition) is 4. The van der Waals surface area contributed by atoms with Gasteiger partial charge in [0.2, 0.25) is 0 Å². The van der Waals surface area contributed by atoms with Crippen molar-refractivity contribution in [2.45, 2.75) is 30.6 Å². The lowest BCUT2D eigenvalue weighted by Gasteiger charge is -2.29. The molecule has 94 valence electrons. The maximum atomic E-state index is 5.72. The van der Waals surface area contributed by atoms with Crippen molar-refractivity contribution in [3.63, 3.8) is 0 Å². The van der Waals surface area contributed by atoms with Gasteiger partial charge in [-0.15, -0.1) is 0 Å². The summed E-state index contributed by atoms with van der Waals surface area (Å²) < 4.78 is 5.26. The molecule has 0 radical (unpaired) electrons. The zero-order valence-electron chi connectivity index (χ0n) is 10.2. The van der Waals surface area contributed by atoms with Gasteiger partial charge in [0.05, 0.1) is 13.2 Å². The SMILES string of the molecule is COc1cccc(C(NN)C2CCCCS2)c1. The fraction of sp³-hybridized carbons (Fsp3) is 0.538. The van der Waals surface area contributed by atoms with Crippen molar-refractivity contribution in [3.05, 3.63) is 29.8 Å². The molecule has 0 aromatic heterocycles. The van der Waals surface area contributed by atoms with E-state index in [1.165, 1.54) is 30.6 Å². The molecule has 1 aliphatic rings. The largest absolute Gasteiger partial charge is 0.497 e. The van der Waals surface area contributed by atoms with Gasteiger partial charge in [-0.05, 0) is 36.3 Å². The van der Waals surface area contributed by atoms with Gasteiger partial charge in [0.25, 0.3) is 0 Å². The molecule has 2 atom stereocenters. The molecule has 0 aliphatic carbocycles. The molecule has 1 aromatic carbocycles. The summed E-state index contributed by atoms with van der Waals surface area (Å²) in [6.07, 6.45) is 3.87.